The monoisotopic (exact) mass is 480 g/mol. The number of pyridine rings is 1. The molecule has 0 radical (unpaired) electrons. The van der Waals surface area contributed by atoms with Crippen molar-refractivity contribution in [3.63, 3.8) is 0 Å². The molecule has 0 saturated carbocycles. The van der Waals surface area contributed by atoms with Crippen LogP contribution in [0.3, 0.4) is 0 Å². The first-order valence-electron chi connectivity index (χ1n) is 8.99. The lowest BCUT2D eigenvalue weighted by Gasteiger charge is -2.26. The number of hydrogen-bond acceptors (Lipinski definition) is 5. The highest BCUT2D eigenvalue weighted by Gasteiger charge is 2.33. The SMILES string of the molecule is O=C(C=Cc1ccccc1)NC(NCSNc1cccc2cccnc12)C(Cl)(Cl)Cl. The van der Waals surface area contributed by atoms with E-state index in [9.17, 15) is 4.79 Å². The van der Waals surface area contributed by atoms with Gasteiger partial charge in [0, 0.05) is 17.7 Å². The summed E-state index contributed by atoms with van der Waals surface area (Å²) in [5.41, 5.74) is 2.64. The first-order chi connectivity index (χ1) is 14.4. The number of fused-ring (bicyclic) bond motifs is 1. The van der Waals surface area contributed by atoms with E-state index >= 15 is 0 Å². The zero-order valence-electron chi connectivity index (χ0n) is 15.7. The van der Waals surface area contributed by atoms with Crippen molar-refractivity contribution in [1.29, 1.82) is 0 Å². The van der Waals surface area contributed by atoms with Crippen LogP contribution in [0.15, 0.2) is 72.9 Å². The Morgan fingerprint density at radius 1 is 1.07 bits per heavy atom. The van der Waals surface area contributed by atoms with Crippen molar-refractivity contribution in [2.24, 2.45) is 0 Å². The van der Waals surface area contributed by atoms with E-state index in [4.69, 9.17) is 34.8 Å². The first-order valence-corrected chi connectivity index (χ1v) is 11.1. The van der Waals surface area contributed by atoms with Crippen LogP contribution in [0.1, 0.15) is 5.56 Å². The maximum absolute atomic E-state index is 12.2. The fourth-order valence-electron chi connectivity index (χ4n) is 2.60. The molecule has 3 N–H and O–H groups in total. The number of carbonyl (C=O) groups excluding carboxylic acids is 1. The molecule has 0 aliphatic carbocycles. The molecule has 1 atom stereocenters. The molecule has 2 aromatic carbocycles. The molecule has 0 aliphatic heterocycles. The molecular formula is C21H19Cl3N4OS. The summed E-state index contributed by atoms with van der Waals surface area (Å²) in [5.74, 6) is -0.0105. The minimum absolute atomic E-state index is 0.366. The molecule has 0 fully saturated rings. The van der Waals surface area contributed by atoms with Crippen molar-refractivity contribution < 1.29 is 4.79 Å². The molecule has 0 bridgehead atoms. The maximum atomic E-state index is 12.2. The van der Waals surface area contributed by atoms with Gasteiger partial charge in [-0.05, 0) is 35.7 Å². The number of benzene rings is 2. The summed E-state index contributed by atoms with van der Waals surface area (Å²) >= 11 is 19.4. The average molecular weight is 482 g/mol. The Morgan fingerprint density at radius 2 is 1.83 bits per heavy atom. The van der Waals surface area contributed by atoms with Gasteiger partial charge < -0.3 is 10.0 Å². The molecule has 1 amide bonds. The lowest BCUT2D eigenvalue weighted by atomic mass is 10.2. The largest absolute Gasteiger partial charge is 0.333 e. The standard InChI is InChI=1S/C21H19Cl3N4OS/c22-21(23,24)20(27-18(29)12-11-15-6-2-1-3-7-15)26-14-30-28-17-10-4-8-16-9-5-13-25-19(16)17/h1-13,20,26,28H,14H2,(H,27,29). The Kier molecular flexibility index (Phi) is 8.24. The minimum Gasteiger partial charge on any atom is -0.333 e. The van der Waals surface area contributed by atoms with Crippen LogP contribution in [0.5, 0.6) is 0 Å². The molecule has 5 nitrogen and oxygen atoms in total. The number of para-hydroxylation sites is 1. The van der Waals surface area contributed by atoms with E-state index in [1.807, 2.05) is 60.7 Å². The van der Waals surface area contributed by atoms with Gasteiger partial charge in [-0.2, -0.15) is 0 Å². The van der Waals surface area contributed by atoms with Crippen LogP contribution in [0.25, 0.3) is 17.0 Å². The molecule has 1 aromatic heterocycles. The van der Waals surface area contributed by atoms with Crippen molar-refractivity contribution >= 4 is 75.3 Å². The Hall–Kier alpha value is -1.96. The van der Waals surface area contributed by atoms with Gasteiger partial charge in [0.15, 0.2) is 0 Å². The van der Waals surface area contributed by atoms with Crippen LogP contribution in [-0.4, -0.2) is 26.7 Å². The first kappa shape index (κ1) is 22.7. The number of aromatic nitrogens is 1. The lowest BCUT2D eigenvalue weighted by Crippen LogP contribution is -2.53. The predicted molar refractivity (Wildman–Crippen MR) is 129 cm³/mol. The third kappa shape index (κ3) is 6.79. The Balaban J connectivity index is 1.54. The van der Waals surface area contributed by atoms with E-state index in [2.05, 4.69) is 20.3 Å². The number of rotatable bonds is 8. The molecule has 0 aliphatic rings. The Morgan fingerprint density at radius 3 is 2.60 bits per heavy atom. The van der Waals surface area contributed by atoms with Gasteiger partial charge in [0.1, 0.15) is 6.17 Å². The van der Waals surface area contributed by atoms with Gasteiger partial charge in [0.2, 0.25) is 9.70 Å². The molecule has 156 valence electrons. The highest BCUT2D eigenvalue weighted by molar-refractivity contribution is 8.00. The molecule has 0 saturated heterocycles. The van der Waals surface area contributed by atoms with Gasteiger partial charge in [0.25, 0.3) is 0 Å². The van der Waals surface area contributed by atoms with Gasteiger partial charge in [-0.15, -0.1) is 0 Å². The minimum atomic E-state index is -1.72. The van der Waals surface area contributed by atoms with Gasteiger partial charge in [-0.1, -0.05) is 83.3 Å². The summed E-state index contributed by atoms with van der Waals surface area (Å²) in [6, 6.07) is 19.2. The Labute approximate surface area is 194 Å². The predicted octanol–water partition coefficient (Wildman–Crippen LogP) is 5.37. The second-order valence-corrected chi connectivity index (χ2v) is 9.35. The molecular weight excluding hydrogens is 463 g/mol. The van der Waals surface area contributed by atoms with Crippen LogP contribution < -0.4 is 15.4 Å². The summed E-state index contributed by atoms with van der Waals surface area (Å²) in [6.45, 7) is 0. The van der Waals surface area contributed by atoms with Gasteiger partial charge in [-0.25, -0.2) is 0 Å². The summed E-state index contributed by atoms with van der Waals surface area (Å²) in [4.78, 5) is 16.6. The van der Waals surface area contributed by atoms with E-state index in [-0.39, 0.29) is 5.91 Å². The van der Waals surface area contributed by atoms with Gasteiger partial charge in [-0.3, -0.25) is 15.1 Å². The summed E-state index contributed by atoms with van der Waals surface area (Å²) in [6.07, 6.45) is 3.95. The number of carbonyl (C=O) groups is 1. The smallest absolute Gasteiger partial charge is 0.245 e. The van der Waals surface area contributed by atoms with Crippen molar-refractivity contribution in [3.8, 4) is 0 Å². The maximum Gasteiger partial charge on any atom is 0.245 e. The fraction of sp³-hybridized carbons (Fsp3) is 0.143. The number of nitrogens with zero attached hydrogens (tertiary/aromatic N) is 1. The van der Waals surface area contributed by atoms with Crippen molar-refractivity contribution in [1.82, 2.24) is 15.6 Å². The molecule has 0 spiro atoms. The third-order valence-corrected chi connectivity index (χ3v) is 5.35. The number of anilines is 1. The van der Waals surface area contributed by atoms with Crippen LogP contribution in [0, 0.1) is 0 Å². The molecule has 9 heteroatoms. The highest BCUT2D eigenvalue weighted by Crippen LogP contribution is 2.29. The second kappa shape index (κ2) is 10.9. The number of halogens is 3. The molecule has 3 aromatic rings. The van der Waals surface area contributed by atoms with E-state index in [1.54, 1.807) is 12.3 Å². The van der Waals surface area contributed by atoms with Crippen molar-refractivity contribution in [2.75, 3.05) is 10.6 Å². The second-order valence-electron chi connectivity index (χ2n) is 6.20. The number of alkyl halides is 3. The normalized spacial score (nSPS) is 12.8. The molecule has 1 heterocycles. The van der Waals surface area contributed by atoms with Crippen molar-refractivity contribution in [3.05, 3.63) is 78.5 Å². The molecule has 1 unspecified atom stereocenters. The van der Waals surface area contributed by atoms with Gasteiger partial charge in [0.05, 0.1) is 17.1 Å². The Bertz CT molecular complexity index is 1010. The quantitative estimate of drug-likeness (QED) is 0.133. The van der Waals surface area contributed by atoms with Crippen LogP contribution in [0.2, 0.25) is 0 Å². The van der Waals surface area contributed by atoms with E-state index in [0.717, 1.165) is 22.2 Å². The van der Waals surface area contributed by atoms with E-state index in [0.29, 0.717) is 5.88 Å². The van der Waals surface area contributed by atoms with E-state index < -0.39 is 9.96 Å². The van der Waals surface area contributed by atoms with Crippen LogP contribution in [-0.2, 0) is 4.79 Å². The third-order valence-electron chi connectivity index (χ3n) is 4.02. The average Bonchev–Trinajstić information content (AvgIpc) is 2.74. The number of nitrogens with one attached hydrogen (secondary N) is 3. The summed E-state index contributed by atoms with van der Waals surface area (Å²) in [7, 11) is 0. The zero-order chi connectivity index (χ0) is 21.4. The lowest BCUT2D eigenvalue weighted by molar-refractivity contribution is -0.117. The molecule has 3 rings (SSSR count). The summed E-state index contributed by atoms with van der Waals surface area (Å²) < 4.78 is 1.51. The van der Waals surface area contributed by atoms with E-state index in [1.165, 1.54) is 18.0 Å². The summed E-state index contributed by atoms with van der Waals surface area (Å²) in [5, 5.41) is 6.73. The highest BCUT2D eigenvalue weighted by atomic mass is 35.6. The topological polar surface area (TPSA) is 66.1 Å². The number of hydrogen-bond donors (Lipinski definition) is 3. The van der Waals surface area contributed by atoms with Crippen LogP contribution in [0.4, 0.5) is 5.69 Å². The van der Waals surface area contributed by atoms with Gasteiger partial charge >= 0.3 is 0 Å². The number of amides is 1. The van der Waals surface area contributed by atoms with Crippen LogP contribution >= 0.6 is 46.8 Å². The zero-order valence-corrected chi connectivity index (χ0v) is 18.8. The fourth-order valence-corrected chi connectivity index (χ4v) is 3.64. The van der Waals surface area contributed by atoms with Crippen molar-refractivity contribution in [2.45, 2.75) is 9.96 Å². The molecule has 30 heavy (non-hydrogen) atoms.